The summed E-state index contributed by atoms with van der Waals surface area (Å²) in [5, 5.41) is 0. The Kier molecular flexibility index (Phi) is 8.50. The highest BCUT2D eigenvalue weighted by atomic mass is 32.1. The van der Waals surface area contributed by atoms with Gasteiger partial charge in [0.15, 0.2) is 22.1 Å². The average Bonchev–Trinajstić information content (AvgIpc) is 3.56. The van der Waals surface area contributed by atoms with E-state index in [1.165, 1.54) is 22.8 Å². The van der Waals surface area contributed by atoms with Gasteiger partial charge in [-0.3, -0.25) is 14.2 Å². The summed E-state index contributed by atoms with van der Waals surface area (Å²) >= 11 is 1.21. The van der Waals surface area contributed by atoms with Crippen LogP contribution in [-0.4, -0.2) is 36.1 Å². The Morgan fingerprint density at radius 1 is 1.09 bits per heavy atom. The summed E-state index contributed by atoms with van der Waals surface area (Å²) in [5.74, 6) is 1.55. The zero-order valence-electron chi connectivity index (χ0n) is 24.8. The third-order valence-corrected chi connectivity index (χ3v) is 7.84. The van der Waals surface area contributed by atoms with Crippen LogP contribution in [0.2, 0.25) is 0 Å². The van der Waals surface area contributed by atoms with Crippen molar-refractivity contribution >= 4 is 29.2 Å². The number of methoxy groups -OCH3 is 1. The number of aromatic nitrogens is 1. The van der Waals surface area contributed by atoms with E-state index in [1.807, 2.05) is 38.1 Å². The number of esters is 1. The number of allylic oxidation sites excluding steroid dienone is 1. The molecule has 0 amide bonds. The van der Waals surface area contributed by atoms with Gasteiger partial charge in [-0.15, -0.1) is 0 Å². The van der Waals surface area contributed by atoms with Gasteiger partial charge in [0.25, 0.3) is 5.56 Å². The molecular formula is C33H32N2O7S. The molecule has 3 heterocycles. The van der Waals surface area contributed by atoms with Crippen molar-refractivity contribution in [2.45, 2.75) is 46.8 Å². The topological polar surface area (TPSA) is 109 Å². The molecule has 1 aliphatic rings. The van der Waals surface area contributed by atoms with Crippen molar-refractivity contribution in [1.29, 1.82) is 0 Å². The predicted molar refractivity (Wildman–Crippen MR) is 163 cm³/mol. The van der Waals surface area contributed by atoms with Gasteiger partial charge in [-0.05, 0) is 64.4 Å². The molecule has 0 saturated heterocycles. The molecule has 0 fully saturated rings. The number of Topliss-reactive ketones (excluding diaryl/α,β-unsaturated/α-hetero) is 1. The monoisotopic (exact) mass is 600 g/mol. The van der Waals surface area contributed by atoms with Crippen LogP contribution in [0.1, 0.15) is 62.3 Å². The second-order valence-electron chi connectivity index (χ2n) is 10.2. The maximum absolute atomic E-state index is 14.0. The van der Waals surface area contributed by atoms with E-state index in [0.717, 1.165) is 5.56 Å². The fraction of sp³-hybridized carbons (Fsp3) is 0.273. The molecule has 43 heavy (non-hydrogen) atoms. The fourth-order valence-corrected chi connectivity index (χ4v) is 5.92. The lowest BCUT2D eigenvalue weighted by Crippen LogP contribution is -2.40. The molecule has 222 valence electrons. The second kappa shape index (κ2) is 12.3. The number of fused-ring (bicyclic) bond motifs is 1. The molecular weight excluding hydrogens is 568 g/mol. The van der Waals surface area contributed by atoms with Crippen LogP contribution in [0.25, 0.3) is 17.4 Å². The summed E-state index contributed by atoms with van der Waals surface area (Å²) in [6.07, 6.45) is 1.59. The highest BCUT2D eigenvalue weighted by Gasteiger charge is 2.34. The van der Waals surface area contributed by atoms with E-state index in [2.05, 4.69) is 4.99 Å². The normalized spacial score (nSPS) is 14.9. The number of hydrogen-bond acceptors (Lipinski definition) is 9. The standard InChI is InChI=1S/C33H32N2O7S/c1-7-40-32(38)29-19(4)34-33-35(30(29)23-12-14-26(41-18(2)3)27(16-23)39-6)31(37)28(43-33)17-24-13-15-25(42-24)22-10-8-21(9-11-22)20(5)36/h8-18,30H,7H2,1-6H3/b28-17+/t30-/m0/s1. The van der Waals surface area contributed by atoms with Gasteiger partial charge < -0.3 is 18.6 Å². The number of carbonyl (C=O) groups is 2. The van der Waals surface area contributed by atoms with Crippen molar-refractivity contribution in [1.82, 2.24) is 4.57 Å². The minimum Gasteiger partial charge on any atom is -0.493 e. The SMILES string of the molecule is CCOC(=O)C1=C(C)N=c2s/c(=C/c3ccc(-c4ccc(C(C)=O)cc4)o3)c(=O)n2[C@H]1c1ccc(OC(C)C)c(OC)c1. The van der Waals surface area contributed by atoms with Crippen molar-refractivity contribution < 1.29 is 28.2 Å². The Hall–Kier alpha value is -4.70. The van der Waals surface area contributed by atoms with Crippen LogP contribution in [0, 0.1) is 0 Å². The summed E-state index contributed by atoms with van der Waals surface area (Å²) in [7, 11) is 1.54. The Morgan fingerprint density at radius 2 is 1.84 bits per heavy atom. The summed E-state index contributed by atoms with van der Waals surface area (Å²) in [6.45, 7) is 9.00. The molecule has 10 heteroatoms. The molecule has 0 N–H and O–H groups in total. The first-order valence-electron chi connectivity index (χ1n) is 13.9. The molecule has 5 rings (SSSR count). The molecule has 9 nitrogen and oxygen atoms in total. The third kappa shape index (κ3) is 5.96. The smallest absolute Gasteiger partial charge is 0.338 e. The quantitative estimate of drug-likeness (QED) is 0.195. The number of carbonyl (C=O) groups excluding carboxylic acids is 2. The molecule has 2 aromatic heterocycles. The van der Waals surface area contributed by atoms with Crippen molar-refractivity contribution in [3.8, 4) is 22.8 Å². The number of ketones is 1. The van der Waals surface area contributed by atoms with Gasteiger partial charge in [-0.25, -0.2) is 9.79 Å². The minimum absolute atomic E-state index is 0.0139. The summed E-state index contributed by atoms with van der Waals surface area (Å²) in [6, 6.07) is 15.3. The number of ether oxygens (including phenoxy) is 3. The summed E-state index contributed by atoms with van der Waals surface area (Å²) in [4.78, 5) is 43.9. The number of thiazole rings is 1. The molecule has 4 aromatic rings. The van der Waals surface area contributed by atoms with Crippen molar-refractivity contribution in [3.63, 3.8) is 0 Å². The molecule has 0 radical (unpaired) electrons. The number of benzene rings is 2. The Bertz CT molecular complexity index is 1910. The van der Waals surface area contributed by atoms with Crippen molar-refractivity contribution in [2.75, 3.05) is 13.7 Å². The van der Waals surface area contributed by atoms with E-state index in [0.29, 0.717) is 49.2 Å². The van der Waals surface area contributed by atoms with E-state index in [1.54, 1.807) is 57.4 Å². The maximum Gasteiger partial charge on any atom is 0.338 e. The molecule has 2 aromatic carbocycles. The van der Waals surface area contributed by atoms with E-state index >= 15 is 0 Å². The lowest BCUT2D eigenvalue weighted by molar-refractivity contribution is -0.139. The van der Waals surface area contributed by atoms with Crippen LogP contribution in [0.3, 0.4) is 0 Å². The van der Waals surface area contributed by atoms with E-state index in [4.69, 9.17) is 18.6 Å². The van der Waals surface area contributed by atoms with Gasteiger partial charge in [0, 0.05) is 17.2 Å². The van der Waals surface area contributed by atoms with Crippen molar-refractivity contribution in [2.24, 2.45) is 4.99 Å². The zero-order chi connectivity index (χ0) is 30.8. The van der Waals surface area contributed by atoms with E-state index < -0.39 is 12.0 Å². The molecule has 0 bridgehead atoms. The molecule has 1 aliphatic heterocycles. The maximum atomic E-state index is 14.0. The van der Waals surface area contributed by atoms with Crippen molar-refractivity contribution in [3.05, 3.63) is 102 Å². The first-order chi connectivity index (χ1) is 20.6. The fourth-order valence-electron chi connectivity index (χ4n) is 4.90. The molecule has 0 saturated carbocycles. The lowest BCUT2D eigenvalue weighted by atomic mass is 9.95. The Balaban J connectivity index is 1.61. The van der Waals surface area contributed by atoms with Gasteiger partial charge in [-0.1, -0.05) is 41.7 Å². The van der Waals surface area contributed by atoms with E-state index in [-0.39, 0.29) is 29.6 Å². The zero-order valence-corrected chi connectivity index (χ0v) is 25.6. The number of nitrogens with zero attached hydrogens (tertiary/aromatic N) is 2. The first kappa shape index (κ1) is 29.8. The Morgan fingerprint density at radius 3 is 2.49 bits per heavy atom. The lowest BCUT2D eigenvalue weighted by Gasteiger charge is -2.25. The van der Waals surface area contributed by atoms with Gasteiger partial charge in [-0.2, -0.15) is 0 Å². The average molecular weight is 601 g/mol. The van der Waals surface area contributed by atoms with Gasteiger partial charge >= 0.3 is 5.97 Å². The van der Waals surface area contributed by atoms with Crippen LogP contribution in [-0.2, 0) is 9.53 Å². The Labute approximate surface area is 252 Å². The second-order valence-corrected chi connectivity index (χ2v) is 11.2. The summed E-state index contributed by atoms with van der Waals surface area (Å²) < 4.78 is 24.8. The first-order valence-corrected chi connectivity index (χ1v) is 14.7. The highest BCUT2D eigenvalue weighted by molar-refractivity contribution is 7.07. The highest BCUT2D eigenvalue weighted by Crippen LogP contribution is 2.36. The molecule has 1 atom stereocenters. The largest absolute Gasteiger partial charge is 0.493 e. The number of furan rings is 1. The predicted octanol–water partition coefficient (Wildman–Crippen LogP) is 5.06. The van der Waals surface area contributed by atoms with Crippen LogP contribution in [0.5, 0.6) is 11.5 Å². The molecule has 0 spiro atoms. The minimum atomic E-state index is -0.800. The molecule has 0 unspecified atom stereocenters. The molecule has 0 aliphatic carbocycles. The van der Waals surface area contributed by atoms with Crippen LogP contribution >= 0.6 is 11.3 Å². The number of rotatable bonds is 9. The van der Waals surface area contributed by atoms with Gasteiger partial charge in [0.05, 0.1) is 41.7 Å². The third-order valence-electron chi connectivity index (χ3n) is 6.86. The van der Waals surface area contributed by atoms with Gasteiger partial charge in [0.2, 0.25) is 0 Å². The summed E-state index contributed by atoms with van der Waals surface area (Å²) in [5.41, 5.74) is 2.48. The van der Waals surface area contributed by atoms with E-state index in [9.17, 15) is 14.4 Å². The van der Waals surface area contributed by atoms with Gasteiger partial charge in [0.1, 0.15) is 11.5 Å². The number of hydrogen-bond donors (Lipinski definition) is 0. The van der Waals surface area contributed by atoms with Crippen LogP contribution in [0.15, 0.2) is 80.1 Å². The van der Waals surface area contributed by atoms with Crippen LogP contribution < -0.4 is 24.4 Å². The van der Waals surface area contributed by atoms with Crippen LogP contribution in [0.4, 0.5) is 0 Å².